The van der Waals surface area contributed by atoms with Crippen LogP contribution in [-0.2, 0) is 21.1 Å². The third kappa shape index (κ3) is 6.93. The second kappa shape index (κ2) is 16.6. The van der Waals surface area contributed by atoms with Crippen LogP contribution in [0.15, 0.2) is 170 Å². The van der Waals surface area contributed by atoms with Gasteiger partial charge in [-0.25, -0.2) is 4.98 Å². The quantitative estimate of drug-likeness (QED) is 0.101. The van der Waals surface area contributed by atoms with Crippen molar-refractivity contribution < 1.29 is 30.4 Å². The summed E-state index contributed by atoms with van der Waals surface area (Å²) < 4.78 is 13.2. The Bertz CT molecular complexity index is 3070. The standard InChI is InChI=1S/C54H42N4O.Pt/c1-4-38(5-2)41-31-32-55-52(33-41)58-49-27-13-12-24-47(49)48-30-29-44(35-51(48)58)59-43-23-15-22-42(34-43)56-36-57(53-37(3)17-14-28-50(53)56)54-45(39-18-8-6-9-19-39)25-16-26-46(54)40-20-10-7-11-21-40;/h6-33,38H,4-5H2,1-3H3;/q-2;. The second-order valence-corrected chi connectivity index (χ2v) is 15.0. The Morgan fingerprint density at radius 3 is 2.02 bits per heavy atom. The van der Waals surface area contributed by atoms with Gasteiger partial charge in [-0.15, -0.1) is 29.7 Å². The first-order valence-electron chi connectivity index (χ1n) is 20.4. The molecule has 0 amide bonds. The summed E-state index contributed by atoms with van der Waals surface area (Å²) in [7, 11) is 0. The summed E-state index contributed by atoms with van der Waals surface area (Å²) in [6.07, 6.45) is 7.88. The number of ether oxygens (including phenoxy) is 1. The number of fused-ring (bicyclic) bond motifs is 4. The molecule has 10 rings (SSSR count). The van der Waals surface area contributed by atoms with E-state index in [1.54, 1.807) is 0 Å². The van der Waals surface area contributed by atoms with Crippen LogP contribution in [0.3, 0.4) is 0 Å². The molecule has 3 aromatic heterocycles. The number of aryl methyl sites for hydroxylation is 1. The molecule has 0 N–H and O–H groups in total. The molecule has 60 heavy (non-hydrogen) atoms. The molecule has 0 spiro atoms. The summed E-state index contributed by atoms with van der Waals surface area (Å²) in [5, 5.41) is 2.25. The zero-order chi connectivity index (χ0) is 39.9. The summed E-state index contributed by atoms with van der Waals surface area (Å²) in [6.45, 7) is 6.66. The van der Waals surface area contributed by atoms with Crippen molar-refractivity contribution >= 4 is 32.8 Å². The van der Waals surface area contributed by atoms with Gasteiger partial charge in [0.1, 0.15) is 5.82 Å². The third-order valence-electron chi connectivity index (χ3n) is 11.5. The van der Waals surface area contributed by atoms with Gasteiger partial charge < -0.3 is 13.9 Å². The van der Waals surface area contributed by atoms with Crippen molar-refractivity contribution in [3.8, 4) is 50.9 Å². The van der Waals surface area contributed by atoms with Crippen LogP contribution in [0.5, 0.6) is 11.5 Å². The maximum atomic E-state index is 6.63. The van der Waals surface area contributed by atoms with Gasteiger partial charge in [-0.3, -0.25) is 4.57 Å². The Hall–Kier alpha value is -6.55. The van der Waals surface area contributed by atoms with Crippen LogP contribution in [0.4, 0.5) is 0 Å². The Balaban J connectivity index is 0.00000462. The molecule has 0 aliphatic rings. The summed E-state index contributed by atoms with van der Waals surface area (Å²) >= 11 is 0. The van der Waals surface area contributed by atoms with E-state index < -0.39 is 0 Å². The van der Waals surface area contributed by atoms with Gasteiger partial charge in [-0.05, 0) is 88.3 Å². The molecule has 3 heterocycles. The van der Waals surface area contributed by atoms with Gasteiger partial charge in [-0.1, -0.05) is 135 Å². The third-order valence-corrected chi connectivity index (χ3v) is 11.5. The second-order valence-electron chi connectivity index (χ2n) is 15.0. The van der Waals surface area contributed by atoms with Crippen LogP contribution in [-0.4, -0.2) is 14.1 Å². The number of para-hydroxylation sites is 3. The molecule has 0 saturated heterocycles. The number of imidazole rings is 1. The number of hydrogen-bond donors (Lipinski definition) is 0. The molecule has 0 aliphatic heterocycles. The normalized spacial score (nSPS) is 11.4. The van der Waals surface area contributed by atoms with Crippen molar-refractivity contribution in [2.75, 3.05) is 0 Å². The van der Waals surface area contributed by atoms with Crippen molar-refractivity contribution in [1.29, 1.82) is 0 Å². The van der Waals surface area contributed by atoms with E-state index in [1.807, 2.05) is 24.4 Å². The molecule has 0 atom stereocenters. The number of aromatic nitrogens is 4. The molecule has 0 radical (unpaired) electrons. The molecule has 0 fully saturated rings. The first-order valence-corrected chi connectivity index (χ1v) is 20.4. The molecule has 0 saturated carbocycles. The summed E-state index contributed by atoms with van der Waals surface area (Å²) in [5.41, 5.74) is 12.9. The van der Waals surface area contributed by atoms with Crippen LogP contribution in [0.25, 0.3) is 72.3 Å². The minimum atomic E-state index is 0. The van der Waals surface area contributed by atoms with E-state index >= 15 is 0 Å². The van der Waals surface area contributed by atoms with Crippen LogP contribution < -0.4 is 9.30 Å². The van der Waals surface area contributed by atoms with Gasteiger partial charge in [0, 0.05) is 44.3 Å². The molecule has 296 valence electrons. The average Bonchev–Trinajstić information content (AvgIpc) is 3.84. The summed E-state index contributed by atoms with van der Waals surface area (Å²) in [6, 6.07) is 64.4. The van der Waals surface area contributed by atoms with E-state index in [4.69, 9.17) is 9.72 Å². The SMILES string of the molecule is CCC(CC)c1ccnc(-n2c3[c-]c(Oc4[c-]c(-n5[c-][n+](-c6c(-c7ccccc7)cccc6-c6ccccc6)c6c(C)cccc65)ccc4)ccc3c3ccccc32)c1.[Pt]. The summed E-state index contributed by atoms with van der Waals surface area (Å²) in [4.78, 5) is 4.88. The zero-order valence-electron chi connectivity index (χ0n) is 33.7. The van der Waals surface area contributed by atoms with Crippen molar-refractivity contribution in [2.45, 2.75) is 39.5 Å². The van der Waals surface area contributed by atoms with E-state index in [-0.39, 0.29) is 21.1 Å². The predicted molar refractivity (Wildman–Crippen MR) is 239 cm³/mol. The number of pyridine rings is 1. The van der Waals surface area contributed by atoms with Crippen molar-refractivity contribution in [3.63, 3.8) is 0 Å². The monoisotopic (exact) mass is 957 g/mol. The van der Waals surface area contributed by atoms with E-state index in [9.17, 15) is 0 Å². The van der Waals surface area contributed by atoms with Crippen LogP contribution in [0, 0.1) is 25.4 Å². The van der Waals surface area contributed by atoms with E-state index in [1.165, 1.54) is 5.56 Å². The minimum Gasteiger partial charge on any atom is -0.510 e. The van der Waals surface area contributed by atoms with Gasteiger partial charge in [0.2, 0.25) is 0 Å². The van der Waals surface area contributed by atoms with Crippen LogP contribution in [0.2, 0.25) is 0 Å². The van der Waals surface area contributed by atoms with E-state index in [0.29, 0.717) is 17.4 Å². The maximum Gasteiger partial charge on any atom is 0.268 e. The van der Waals surface area contributed by atoms with Gasteiger partial charge in [0.05, 0.1) is 16.7 Å². The smallest absolute Gasteiger partial charge is 0.268 e. The molecule has 5 nitrogen and oxygen atoms in total. The molecule has 0 aliphatic carbocycles. The Morgan fingerprint density at radius 2 is 1.28 bits per heavy atom. The van der Waals surface area contributed by atoms with Crippen LogP contribution >= 0.6 is 0 Å². The number of hydrogen-bond acceptors (Lipinski definition) is 2. The van der Waals surface area contributed by atoms with Gasteiger partial charge >= 0.3 is 0 Å². The van der Waals surface area contributed by atoms with E-state index in [2.05, 4.69) is 199 Å². The van der Waals surface area contributed by atoms with Crippen LogP contribution in [0.1, 0.15) is 43.7 Å². The first kappa shape index (κ1) is 38.9. The molecule has 0 unspecified atom stereocenters. The van der Waals surface area contributed by atoms with Crippen molar-refractivity contribution in [2.24, 2.45) is 0 Å². The topological polar surface area (TPSA) is 35.9 Å². The zero-order valence-corrected chi connectivity index (χ0v) is 35.9. The molecular weight excluding hydrogens is 916 g/mol. The van der Waals surface area contributed by atoms with E-state index in [0.717, 1.165) is 90.7 Å². The number of nitrogens with zero attached hydrogens (tertiary/aromatic N) is 4. The Labute approximate surface area is 365 Å². The Morgan fingerprint density at radius 1 is 0.633 bits per heavy atom. The molecule has 6 heteroatoms. The largest absolute Gasteiger partial charge is 0.510 e. The van der Waals surface area contributed by atoms with Gasteiger partial charge in [0.25, 0.3) is 6.33 Å². The number of rotatable bonds is 10. The van der Waals surface area contributed by atoms with Crippen molar-refractivity contribution in [1.82, 2.24) is 14.1 Å². The molecule has 0 bridgehead atoms. The average molecular weight is 958 g/mol. The van der Waals surface area contributed by atoms with Crippen molar-refractivity contribution in [3.05, 3.63) is 200 Å². The molecule has 10 aromatic rings. The molecule has 7 aromatic carbocycles. The fraction of sp³-hybridized carbons (Fsp3) is 0.111. The fourth-order valence-corrected chi connectivity index (χ4v) is 8.64. The first-order chi connectivity index (χ1) is 29.1. The van der Waals surface area contributed by atoms with Gasteiger partial charge in [0.15, 0.2) is 0 Å². The predicted octanol–water partition coefficient (Wildman–Crippen LogP) is 13.1. The minimum absolute atomic E-state index is 0. The van der Waals surface area contributed by atoms with Gasteiger partial charge in [-0.2, -0.15) is 18.2 Å². The fourth-order valence-electron chi connectivity index (χ4n) is 8.64. The maximum absolute atomic E-state index is 6.63. The number of benzene rings is 7. The summed E-state index contributed by atoms with van der Waals surface area (Å²) in [5.74, 6) is 2.54. The molecular formula is C54H42N4OPt-2. The Kier molecular flexibility index (Phi) is 10.8.